The van der Waals surface area contributed by atoms with Crippen molar-refractivity contribution in [3.63, 3.8) is 0 Å². The molecule has 182 valence electrons. The molecule has 2 aromatic carbocycles. The second-order valence-electron chi connectivity index (χ2n) is 8.61. The van der Waals surface area contributed by atoms with E-state index < -0.39 is 4.92 Å². The van der Waals surface area contributed by atoms with Crippen molar-refractivity contribution in [2.45, 2.75) is 34.6 Å². The van der Waals surface area contributed by atoms with E-state index in [4.69, 9.17) is 10.2 Å². The third-order valence-electron chi connectivity index (χ3n) is 6.90. The topological polar surface area (TPSA) is 88.5 Å². The van der Waals surface area contributed by atoms with Crippen molar-refractivity contribution in [1.29, 1.82) is 0 Å². The van der Waals surface area contributed by atoms with E-state index in [1.165, 1.54) is 6.07 Å². The van der Waals surface area contributed by atoms with Crippen LogP contribution in [0.2, 0.25) is 0 Å². The molecule has 7 nitrogen and oxygen atoms in total. The highest BCUT2D eigenvalue weighted by atomic mass is 16.6. The fraction of sp³-hybridized carbons (Fsp3) is 0.321. The third-order valence-corrected chi connectivity index (χ3v) is 6.90. The van der Waals surface area contributed by atoms with E-state index in [-0.39, 0.29) is 11.4 Å². The number of fused-ring (bicyclic) bond motifs is 2. The Morgan fingerprint density at radius 3 is 2.26 bits per heavy atom. The maximum atomic E-state index is 11.5. The summed E-state index contributed by atoms with van der Waals surface area (Å²) in [5, 5.41) is 13.5. The standard InChI is InChI=1S/C28H33N4O3/c1-6-30(7-2)19-10-12-22-25(16-19)35-26-17-20(31(8-3)9-4)11-13-23(26)27(22)21-14-15-24(32(33)34)28(29)18(21)5/h10-17H,6-9,29H2,1-5H3/q+1. The zero-order valence-corrected chi connectivity index (χ0v) is 21.1. The van der Waals surface area contributed by atoms with Gasteiger partial charge in [-0.1, -0.05) is 0 Å². The molecule has 0 bridgehead atoms. The number of rotatable bonds is 7. The van der Waals surface area contributed by atoms with Crippen LogP contribution >= 0.6 is 0 Å². The minimum absolute atomic E-state index is 0.0758. The molecular weight excluding hydrogens is 440 g/mol. The Kier molecular flexibility index (Phi) is 6.78. The lowest BCUT2D eigenvalue weighted by Crippen LogP contribution is -2.29. The largest absolute Gasteiger partial charge is 0.456 e. The van der Waals surface area contributed by atoms with Gasteiger partial charge in [-0.15, -0.1) is 0 Å². The van der Waals surface area contributed by atoms with Crippen LogP contribution in [0.5, 0.6) is 0 Å². The molecule has 35 heavy (non-hydrogen) atoms. The Morgan fingerprint density at radius 1 is 0.943 bits per heavy atom. The van der Waals surface area contributed by atoms with Crippen LogP contribution in [-0.2, 0) is 0 Å². The van der Waals surface area contributed by atoms with Crippen LogP contribution in [0.25, 0.3) is 33.4 Å². The molecule has 0 atom stereocenters. The Labute approximate surface area is 205 Å². The molecule has 2 aromatic rings. The highest BCUT2D eigenvalue weighted by molar-refractivity contribution is 6.04. The molecule has 1 aliphatic heterocycles. The molecule has 1 heterocycles. The zero-order valence-electron chi connectivity index (χ0n) is 21.1. The van der Waals surface area contributed by atoms with Gasteiger partial charge in [0.1, 0.15) is 30.1 Å². The van der Waals surface area contributed by atoms with Crippen LogP contribution in [-0.4, -0.2) is 31.1 Å². The molecule has 7 heteroatoms. The van der Waals surface area contributed by atoms with E-state index in [2.05, 4.69) is 73.6 Å². The van der Waals surface area contributed by atoms with Crippen LogP contribution in [0.3, 0.4) is 0 Å². The van der Waals surface area contributed by atoms with Gasteiger partial charge in [0.15, 0.2) is 0 Å². The van der Waals surface area contributed by atoms with Crippen molar-refractivity contribution in [1.82, 2.24) is 4.58 Å². The molecule has 2 N–H and O–H groups in total. The molecule has 0 saturated heterocycles. The number of nitrogen functional groups attached to an aromatic ring is 1. The van der Waals surface area contributed by atoms with E-state index in [9.17, 15) is 10.1 Å². The highest BCUT2D eigenvalue weighted by Crippen LogP contribution is 2.44. The van der Waals surface area contributed by atoms with Gasteiger partial charge in [0.2, 0.25) is 5.36 Å². The summed E-state index contributed by atoms with van der Waals surface area (Å²) < 4.78 is 8.79. The maximum Gasteiger partial charge on any atom is 0.292 e. The van der Waals surface area contributed by atoms with Crippen LogP contribution in [0, 0.1) is 17.0 Å². The summed E-state index contributed by atoms with van der Waals surface area (Å²) >= 11 is 0. The number of benzene rings is 3. The average Bonchev–Trinajstić information content (AvgIpc) is 2.85. The number of nitrogens with two attached hydrogens (primary N) is 1. The Bertz CT molecular complexity index is 1440. The Morgan fingerprint density at radius 2 is 1.63 bits per heavy atom. The van der Waals surface area contributed by atoms with Gasteiger partial charge in [0.25, 0.3) is 5.69 Å². The number of nitro benzene ring substituents is 1. The van der Waals surface area contributed by atoms with Crippen molar-refractivity contribution < 1.29 is 9.34 Å². The number of nitrogens with zero attached hydrogens (tertiary/aromatic N) is 3. The van der Waals surface area contributed by atoms with Gasteiger partial charge in [-0.25, -0.2) is 4.58 Å². The van der Waals surface area contributed by atoms with Gasteiger partial charge in [-0.05, 0) is 70.0 Å². The first kappa shape index (κ1) is 24.3. The van der Waals surface area contributed by atoms with Crippen molar-refractivity contribution in [2.75, 3.05) is 36.8 Å². The second-order valence-corrected chi connectivity index (χ2v) is 8.61. The fourth-order valence-electron chi connectivity index (χ4n) is 4.87. The first-order chi connectivity index (χ1) is 16.8. The van der Waals surface area contributed by atoms with Crippen molar-refractivity contribution >= 4 is 28.0 Å². The fourth-order valence-corrected chi connectivity index (χ4v) is 4.87. The van der Waals surface area contributed by atoms with Gasteiger partial charge in [-0.2, -0.15) is 0 Å². The smallest absolute Gasteiger partial charge is 0.292 e. The molecule has 4 rings (SSSR count). The summed E-state index contributed by atoms with van der Waals surface area (Å²) in [5.41, 5.74) is 11.7. The monoisotopic (exact) mass is 473 g/mol. The van der Waals surface area contributed by atoms with Crippen molar-refractivity contribution in [3.8, 4) is 22.5 Å². The predicted molar refractivity (Wildman–Crippen MR) is 144 cm³/mol. The van der Waals surface area contributed by atoms with E-state index in [1.807, 2.05) is 6.92 Å². The molecule has 1 aliphatic carbocycles. The molecule has 0 amide bonds. The minimum Gasteiger partial charge on any atom is -0.456 e. The Balaban J connectivity index is 2.12. The summed E-state index contributed by atoms with van der Waals surface area (Å²) in [6, 6.07) is 15.8. The third kappa shape index (κ3) is 4.22. The molecule has 2 aliphatic rings. The first-order valence-electron chi connectivity index (χ1n) is 12.2. The molecular formula is C28H33N4O3+. The summed E-state index contributed by atoms with van der Waals surface area (Å²) in [4.78, 5) is 13.3. The molecule has 0 fully saturated rings. The van der Waals surface area contributed by atoms with E-state index in [0.717, 1.165) is 70.6 Å². The Hall–Kier alpha value is -3.87. The van der Waals surface area contributed by atoms with Crippen LogP contribution in [0.15, 0.2) is 52.9 Å². The van der Waals surface area contributed by atoms with Gasteiger partial charge in [-0.3, -0.25) is 10.1 Å². The van der Waals surface area contributed by atoms with E-state index >= 15 is 0 Å². The van der Waals surface area contributed by atoms with Gasteiger partial charge in [0.05, 0.1) is 11.0 Å². The van der Waals surface area contributed by atoms with Crippen LogP contribution < -0.4 is 20.6 Å². The highest BCUT2D eigenvalue weighted by Gasteiger charge is 2.23. The lowest BCUT2D eigenvalue weighted by Gasteiger charge is -2.22. The number of hydrogen-bond donors (Lipinski definition) is 1. The number of hydrogen-bond acceptors (Lipinski definition) is 5. The van der Waals surface area contributed by atoms with Crippen LogP contribution in [0.4, 0.5) is 17.1 Å². The molecule has 0 spiro atoms. The van der Waals surface area contributed by atoms with Gasteiger partial charge < -0.3 is 15.1 Å². The van der Waals surface area contributed by atoms with Crippen molar-refractivity contribution in [2.24, 2.45) is 0 Å². The van der Waals surface area contributed by atoms with Gasteiger partial charge >= 0.3 is 0 Å². The molecule has 0 radical (unpaired) electrons. The first-order valence-corrected chi connectivity index (χ1v) is 12.2. The van der Waals surface area contributed by atoms with Gasteiger partial charge in [0, 0.05) is 53.5 Å². The van der Waals surface area contributed by atoms with Crippen molar-refractivity contribution in [3.05, 3.63) is 69.6 Å². The quantitative estimate of drug-likeness (QED) is 0.123. The second kappa shape index (κ2) is 9.78. The van der Waals surface area contributed by atoms with E-state index in [1.54, 1.807) is 6.07 Å². The maximum absolute atomic E-state index is 11.5. The minimum atomic E-state index is -0.435. The normalized spacial score (nSPS) is 11.2. The summed E-state index contributed by atoms with van der Waals surface area (Å²) in [5.74, 6) is 0.768. The average molecular weight is 474 g/mol. The summed E-state index contributed by atoms with van der Waals surface area (Å²) in [6.07, 6.45) is 0. The molecule has 0 saturated carbocycles. The lowest BCUT2D eigenvalue weighted by molar-refractivity contribution is -0.383. The summed E-state index contributed by atoms with van der Waals surface area (Å²) in [7, 11) is 0. The lowest BCUT2D eigenvalue weighted by atomic mass is 9.90. The molecule has 0 aromatic heterocycles. The SMILES string of the molecule is CCN(CC)c1ccc2c(-c3ccc([N+](=O)[O-])c(N)c3C)c3ccc(=[N+](CC)CC)cc-3oc2c1. The number of nitro groups is 1. The van der Waals surface area contributed by atoms with Crippen LogP contribution in [0.1, 0.15) is 33.3 Å². The summed E-state index contributed by atoms with van der Waals surface area (Å²) in [6.45, 7) is 14.0. The number of anilines is 2. The van der Waals surface area contributed by atoms with E-state index in [0.29, 0.717) is 5.56 Å². The molecule has 0 unspecified atom stereocenters. The zero-order chi connectivity index (χ0) is 25.3. The predicted octanol–water partition coefficient (Wildman–Crippen LogP) is 5.66.